The minimum absolute atomic E-state index is 0.0155. The summed E-state index contributed by atoms with van der Waals surface area (Å²) in [5.41, 5.74) is 1.70. The molecule has 0 aliphatic carbocycles. The molecule has 166 valence electrons. The second-order valence-corrected chi connectivity index (χ2v) is 7.24. The van der Waals surface area contributed by atoms with Crippen molar-refractivity contribution in [3.63, 3.8) is 0 Å². The summed E-state index contributed by atoms with van der Waals surface area (Å²) in [6, 6.07) is 27.9. The van der Waals surface area contributed by atoms with Crippen molar-refractivity contribution in [2.45, 2.75) is 19.2 Å². The minimum Gasteiger partial charge on any atom is -0.476 e. The van der Waals surface area contributed by atoms with Crippen molar-refractivity contribution in [1.82, 2.24) is 20.1 Å². The van der Waals surface area contributed by atoms with E-state index in [2.05, 4.69) is 20.7 Å². The molecule has 0 spiro atoms. The zero-order chi connectivity index (χ0) is 22.9. The summed E-state index contributed by atoms with van der Waals surface area (Å²) in [4.78, 5) is 29.3. The van der Waals surface area contributed by atoms with Gasteiger partial charge in [-0.1, -0.05) is 78.9 Å². The number of ether oxygens (including phenoxy) is 1. The maximum atomic E-state index is 13.0. The number of carbonyl (C=O) groups is 2. The Morgan fingerprint density at radius 2 is 1.52 bits per heavy atom. The molecule has 1 unspecified atom stereocenters. The van der Waals surface area contributed by atoms with Gasteiger partial charge in [-0.3, -0.25) is 14.9 Å². The number of rotatable bonds is 9. The first-order valence-electron chi connectivity index (χ1n) is 10.4. The number of nitrogens with one attached hydrogen (secondary N) is 2. The van der Waals surface area contributed by atoms with Crippen LogP contribution in [0.15, 0.2) is 97.3 Å². The van der Waals surface area contributed by atoms with Crippen LogP contribution in [0.1, 0.15) is 17.2 Å². The van der Waals surface area contributed by atoms with Crippen molar-refractivity contribution in [3.8, 4) is 5.75 Å². The van der Waals surface area contributed by atoms with E-state index in [9.17, 15) is 9.59 Å². The third kappa shape index (κ3) is 6.27. The molecule has 8 heteroatoms. The molecular formula is C25H23N5O3. The molecule has 0 aliphatic rings. The summed E-state index contributed by atoms with van der Waals surface area (Å²) in [6.45, 7) is 0.409. The first-order valence-corrected chi connectivity index (χ1v) is 10.4. The van der Waals surface area contributed by atoms with E-state index in [0.29, 0.717) is 17.9 Å². The van der Waals surface area contributed by atoms with Gasteiger partial charge in [-0.2, -0.15) is 0 Å². The van der Waals surface area contributed by atoms with Gasteiger partial charge in [0, 0.05) is 12.1 Å². The number of nitrogens with zero attached hydrogens (tertiary/aromatic N) is 3. The van der Waals surface area contributed by atoms with Crippen molar-refractivity contribution < 1.29 is 14.3 Å². The Morgan fingerprint density at radius 1 is 0.879 bits per heavy atom. The lowest BCUT2D eigenvalue weighted by Gasteiger charge is -2.18. The molecule has 2 N–H and O–H groups in total. The molecule has 4 aromatic rings. The SMILES string of the molecule is O=C(Cn1cnc(NC(=O)C(Oc2ccccc2)c2ccccc2)n1)NCc1ccccc1. The van der Waals surface area contributed by atoms with E-state index in [4.69, 9.17) is 4.74 Å². The third-order valence-electron chi connectivity index (χ3n) is 4.75. The quantitative estimate of drug-likeness (QED) is 0.415. The van der Waals surface area contributed by atoms with Gasteiger partial charge in [-0.05, 0) is 17.7 Å². The number of benzene rings is 3. The van der Waals surface area contributed by atoms with Crippen LogP contribution < -0.4 is 15.4 Å². The van der Waals surface area contributed by atoms with Gasteiger partial charge in [-0.25, -0.2) is 9.67 Å². The molecule has 1 heterocycles. The average molecular weight is 441 g/mol. The maximum absolute atomic E-state index is 13.0. The molecular weight excluding hydrogens is 418 g/mol. The Balaban J connectivity index is 1.38. The lowest BCUT2D eigenvalue weighted by Crippen LogP contribution is -2.28. The van der Waals surface area contributed by atoms with E-state index in [-0.39, 0.29) is 18.4 Å². The van der Waals surface area contributed by atoms with E-state index in [1.165, 1.54) is 11.0 Å². The second kappa shape index (κ2) is 10.7. The van der Waals surface area contributed by atoms with E-state index >= 15 is 0 Å². The van der Waals surface area contributed by atoms with Crippen molar-refractivity contribution >= 4 is 17.8 Å². The molecule has 0 aliphatic heterocycles. The number of hydrogen-bond acceptors (Lipinski definition) is 5. The molecule has 2 amide bonds. The number of aromatic nitrogens is 3. The summed E-state index contributed by atoms with van der Waals surface area (Å²) in [5, 5.41) is 9.69. The van der Waals surface area contributed by atoms with Crippen LogP contribution in [0.2, 0.25) is 0 Å². The van der Waals surface area contributed by atoms with Gasteiger partial charge in [0.15, 0.2) is 0 Å². The zero-order valence-electron chi connectivity index (χ0n) is 17.8. The first-order chi connectivity index (χ1) is 16.2. The molecule has 0 saturated carbocycles. The third-order valence-corrected chi connectivity index (χ3v) is 4.75. The Labute approximate surface area is 191 Å². The van der Waals surface area contributed by atoms with Gasteiger partial charge in [0.25, 0.3) is 5.91 Å². The number of para-hydroxylation sites is 1. The van der Waals surface area contributed by atoms with Crippen molar-refractivity contribution in [1.29, 1.82) is 0 Å². The maximum Gasteiger partial charge on any atom is 0.272 e. The van der Waals surface area contributed by atoms with Crippen LogP contribution in [0.4, 0.5) is 5.95 Å². The number of carbonyl (C=O) groups excluding carboxylic acids is 2. The fourth-order valence-electron chi connectivity index (χ4n) is 3.14. The predicted molar refractivity (Wildman–Crippen MR) is 123 cm³/mol. The van der Waals surface area contributed by atoms with Crippen LogP contribution in [0.5, 0.6) is 5.75 Å². The fraction of sp³-hybridized carbons (Fsp3) is 0.120. The van der Waals surface area contributed by atoms with E-state index < -0.39 is 12.0 Å². The van der Waals surface area contributed by atoms with Crippen LogP contribution in [-0.4, -0.2) is 26.6 Å². The Bertz CT molecular complexity index is 1180. The van der Waals surface area contributed by atoms with E-state index in [1.807, 2.05) is 78.9 Å². The molecule has 0 radical (unpaired) electrons. The summed E-state index contributed by atoms with van der Waals surface area (Å²) < 4.78 is 7.31. The summed E-state index contributed by atoms with van der Waals surface area (Å²) >= 11 is 0. The Hall–Kier alpha value is -4.46. The topological polar surface area (TPSA) is 98.1 Å². The van der Waals surface area contributed by atoms with Crippen LogP contribution in [0.3, 0.4) is 0 Å². The predicted octanol–water partition coefficient (Wildman–Crippen LogP) is 3.35. The molecule has 1 atom stereocenters. The molecule has 0 fully saturated rings. The van der Waals surface area contributed by atoms with Crippen molar-refractivity contribution in [2.75, 3.05) is 5.32 Å². The van der Waals surface area contributed by atoms with Gasteiger partial charge < -0.3 is 10.1 Å². The largest absolute Gasteiger partial charge is 0.476 e. The lowest BCUT2D eigenvalue weighted by atomic mass is 10.1. The summed E-state index contributed by atoms with van der Waals surface area (Å²) in [6.07, 6.45) is 0.502. The molecule has 1 aromatic heterocycles. The number of amides is 2. The minimum atomic E-state index is -0.894. The van der Waals surface area contributed by atoms with Gasteiger partial charge in [0.1, 0.15) is 18.6 Å². The van der Waals surface area contributed by atoms with Gasteiger partial charge in [-0.15, -0.1) is 5.10 Å². The highest BCUT2D eigenvalue weighted by Crippen LogP contribution is 2.23. The summed E-state index contributed by atoms with van der Waals surface area (Å²) in [7, 11) is 0. The fourth-order valence-corrected chi connectivity index (χ4v) is 3.14. The Kier molecular flexibility index (Phi) is 7.07. The highest BCUT2D eigenvalue weighted by Gasteiger charge is 2.24. The molecule has 33 heavy (non-hydrogen) atoms. The Morgan fingerprint density at radius 3 is 2.21 bits per heavy atom. The number of hydrogen-bond donors (Lipinski definition) is 2. The van der Waals surface area contributed by atoms with Crippen molar-refractivity contribution in [3.05, 3.63) is 108 Å². The monoisotopic (exact) mass is 441 g/mol. The van der Waals surface area contributed by atoms with E-state index in [0.717, 1.165) is 5.56 Å². The van der Waals surface area contributed by atoms with Crippen LogP contribution >= 0.6 is 0 Å². The molecule has 0 saturated heterocycles. The van der Waals surface area contributed by atoms with Gasteiger partial charge in [0.2, 0.25) is 18.0 Å². The van der Waals surface area contributed by atoms with Crippen LogP contribution in [-0.2, 0) is 22.7 Å². The summed E-state index contributed by atoms with van der Waals surface area (Å²) in [5.74, 6) is 0.0241. The van der Waals surface area contributed by atoms with E-state index in [1.54, 1.807) is 12.1 Å². The number of anilines is 1. The van der Waals surface area contributed by atoms with Gasteiger partial charge >= 0.3 is 0 Å². The zero-order valence-corrected chi connectivity index (χ0v) is 17.8. The van der Waals surface area contributed by atoms with Crippen molar-refractivity contribution in [2.24, 2.45) is 0 Å². The smallest absolute Gasteiger partial charge is 0.272 e. The molecule has 4 rings (SSSR count). The lowest BCUT2D eigenvalue weighted by molar-refractivity contribution is -0.123. The molecule has 0 bridgehead atoms. The average Bonchev–Trinajstić information content (AvgIpc) is 3.29. The van der Waals surface area contributed by atoms with Crippen LogP contribution in [0, 0.1) is 0 Å². The van der Waals surface area contributed by atoms with Crippen LogP contribution in [0.25, 0.3) is 0 Å². The highest BCUT2D eigenvalue weighted by molar-refractivity contribution is 5.93. The second-order valence-electron chi connectivity index (χ2n) is 7.24. The molecule has 8 nitrogen and oxygen atoms in total. The highest BCUT2D eigenvalue weighted by atomic mass is 16.5. The van der Waals surface area contributed by atoms with Gasteiger partial charge in [0.05, 0.1) is 0 Å². The standard InChI is InChI=1S/C25H23N5O3/c31-22(26-16-19-10-4-1-5-11-19)17-30-18-27-25(29-30)28-24(32)23(20-12-6-2-7-13-20)33-21-14-8-3-9-15-21/h1-15,18,23H,16-17H2,(H,26,31)(H,28,29,32). The first kappa shape index (κ1) is 21.8. The molecule has 3 aromatic carbocycles. The normalized spacial score (nSPS) is 11.4.